The Bertz CT molecular complexity index is 773. The van der Waals surface area contributed by atoms with Crippen LogP contribution in [0.3, 0.4) is 0 Å². The van der Waals surface area contributed by atoms with E-state index in [0.717, 1.165) is 12.1 Å². The van der Waals surface area contributed by atoms with Gasteiger partial charge in [0.1, 0.15) is 0 Å². The minimum Gasteiger partial charge on any atom is -0.339 e. The summed E-state index contributed by atoms with van der Waals surface area (Å²) in [5.74, 6) is 6.28. The van der Waals surface area contributed by atoms with Gasteiger partial charge in [-0.3, -0.25) is 0 Å². The van der Waals surface area contributed by atoms with Gasteiger partial charge < -0.3 is 15.2 Å². The molecule has 0 radical (unpaired) electrons. The Morgan fingerprint density at radius 2 is 1.96 bits per heavy atom. The van der Waals surface area contributed by atoms with Gasteiger partial charge in [0, 0.05) is 18.5 Å². The maximum Gasteiger partial charge on any atom is 0.416 e. The lowest BCUT2D eigenvalue weighted by molar-refractivity contribution is -0.137. The van der Waals surface area contributed by atoms with Crippen LogP contribution in [0.25, 0.3) is 0 Å². The molecular formula is C16H15F3N4O2. The molecule has 9 heteroatoms. The second-order valence-corrected chi connectivity index (χ2v) is 4.97. The second kappa shape index (κ2) is 8.19. The van der Waals surface area contributed by atoms with Crippen molar-refractivity contribution < 1.29 is 22.5 Å². The summed E-state index contributed by atoms with van der Waals surface area (Å²) < 4.78 is 42.2. The van der Waals surface area contributed by atoms with Crippen molar-refractivity contribution in [1.29, 1.82) is 0 Å². The highest BCUT2D eigenvalue weighted by molar-refractivity contribution is 5.74. The number of hydrogen-bond donors (Lipinski definition) is 2. The number of carbonyl (C=O) groups is 1. The molecule has 0 aliphatic carbocycles. The number of hydrogen-bond acceptors (Lipinski definition) is 4. The Kier molecular flexibility index (Phi) is 6.00. The van der Waals surface area contributed by atoms with E-state index in [1.54, 1.807) is 6.92 Å². The van der Waals surface area contributed by atoms with Crippen LogP contribution in [0.1, 0.15) is 22.8 Å². The normalized spacial score (nSPS) is 10.7. The van der Waals surface area contributed by atoms with Crippen molar-refractivity contribution in [2.75, 3.05) is 13.1 Å². The number of benzene rings is 1. The van der Waals surface area contributed by atoms with E-state index in [2.05, 4.69) is 32.6 Å². The van der Waals surface area contributed by atoms with Gasteiger partial charge in [0.2, 0.25) is 5.89 Å². The summed E-state index contributed by atoms with van der Waals surface area (Å²) in [5.41, 5.74) is -0.297. The first-order valence-electron chi connectivity index (χ1n) is 7.31. The Morgan fingerprint density at radius 1 is 1.24 bits per heavy atom. The molecule has 1 aromatic heterocycles. The summed E-state index contributed by atoms with van der Waals surface area (Å²) in [6, 6.07) is 4.06. The molecule has 2 aromatic rings. The van der Waals surface area contributed by atoms with Crippen molar-refractivity contribution in [3.8, 4) is 11.8 Å². The summed E-state index contributed by atoms with van der Waals surface area (Å²) in [5, 5.41) is 8.73. The predicted octanol–water partition coefficient (Wildman–Crippen LogP) is 2.29. The molecule has 1 aromatic carbocycles. The van der Waals surface area contributed by atoms with Crippen LogP contribution in [-0.4, -0.2) is 29.3 Å². The molecule has 2 rings (SSSR count). The van der Waals surface area contributed by atoms with E-state index in [0.29, 0.717) is 30.2 Å². The molecule has 2 N–H and O–H groups in total. The summed E-state index contributed by atoms with van der Waals surface area (Å²) in [6.45, 7) is 2.08. The van der Waals surface area contributed by atoms with E-state index < -0.39 is 17.8 Å². The van der Waals surface area contributed by atoms with E-state index in [1.807, 2.05) is 0 Å². The summed E-state index contributed by atoms with van der Waals surface area (Å²) >= 11 is 0. The summed E-state index contributed by atoms with van der Waals surface area (Å²) in [7, 11) is 0. The first-order chi connectivity index (χ1) is 11.8. The molecule has 0 bridgehead atoms. The number of nitrogens with zero attached hydrogens (tertiary/aromatic N) is 2. The fourth-order valence-electron chi connectivity index (χ4n) is 1.80. The van der Waals surface area contributed by atoms with Crippen LogP contribution in [0.15, 0.2) is 28.8 Å². The third-order valence-corrected chi connectivity index (χ3v) is 2.98. The van der Waals surface area contributed by atoms with Gasteiger partial charge >= 0.3 is 12.2 Å². The van der Waals surface area contributed by atoms with E-state index in [-0.39, 0.29) is 6.54 Å². The molecule has 0 spiro atoms. The van der Waals surface area contributed by atoms with Gasteiger partial charge in [-0.2, -0.15) is 18.2 Å². The molecule has 132 valence electrons. The van der Waals surface area contributed by atoms with E-state index in [1.165, 1.54) is 12.1 Å². The largest absolute Gasteiger partial charge is 0.416 e. The molecule has 6 nitrogen and oxygen atoms in total. The zero-order valence-corrected chi connectivity index (χ0v) is 13.3. The third-order valence-electron chi connectivity index (χ3n) is 2.98. The fourth-order valence-corrected chi connectivity index (χ4v) is 1.80. The quantitative estimate of drug-likeness (QED) is 0.828. The number of nitrogens with one attached hydrogen (secondary N) is 2. The van der Waals surface area contributed by atoms with Crippen molar-refractivity contribution in [3.05, 3.63) is 47.1 Å². The molecule has 0 unspecified atom stereocenters. The van der Waals surface area contributed by atoms with Gasteiger partial charge in [-0.1, -0.05) is 17.0 Å². The van der Waals surface area contributed by atoms with Crippen LogP contribution in [0.4, 0.5) is 18.0 Å². The highest BCUT2D eigenvalue weighted by atomic mass is 19.4. The highest BCUT2D eigenvalue weighted by Crippen LogP contribution is 2.28. The van der Waals surface area contributed by atoms with Crippen molar-refractivity contribution in [2.24, 2.45) is 0 Å². The van der Waals surface area contributed by atoms with Crippen LogP contribution < -0.4 is 10.6 Å². The lowest BCUT2D eigenvalue weighted by Crippen LogP contribution is -2.36. The van der Waals surface area contributed by atoms with E-state index in [9.17, 15) is 18.0 Å². The average Bonchev–Trinajstić information content (AvgIpc) is 2.96. The maximum absolute atomic E-state index is 12.4. The number of rotatable bonds is 4. The van der Waals surface area contributed by atoms with E-state index in [4.69, 9.17) is 4.52 Å². The monoisotopic (exact) mass is 352 g/mol. The van der Waals surface area contributed by atoms with Crippen LogP contribution >= 0.6 is 0 Å². The number of alkyl halides is 3. The van der Waals surface area contributed by atoms with Gasteiger partial charge in [-0.15, -0.1) is 0 Å². The number of amides is 2. The Morgan fingerprint density at radius 3 is 2.56 bits per heavy atom. The van der Waals surface area contributed by atoms with Gasteiger partial charge in [-0.25, -0.2) is 4.79 Å². The SMILES string of the molecule is Cc1noc(CCNC(=O)NCC#Cc2ccc(C(F)(F)F)cc2)n1. The molecule has 1 heterocycles. The minimum absolute atomic E-state index is 0.0620. The maximum atomic E-state index is 12.4. The lowest BCUT2D eigenvalue weighted by atomic mass is 10.1. The molecule has 0 saturated carbocycles. The van der Waals surface area contributed by atoms with Gasteiger partial charge in [0.05, 0.1) is 12.1 Å². The highest BCUT2D eigenvalue weighted by Gasteiger charge is 2.29. The molecule has 0 aliphatic rings. The minimum atomic E-state index is -4.37. The van der Waals surface area contributed by atoms with Crippen LogP contribution in [0.2, 0.25) is 0 Å². The Balaban J connectivity index is 1.70. The lowest BCUT2D eigenvalue weighted by Gasteiger charge is -2.05. The van der Waals surface area contributed by atoms with Crippen molar-refractivity contribution >= 4 is 6.03 Å². The molecular weight excluding hydrogens is 337 g/mol. The summed E-state index contributed by atoms with van der Waals surface area (Å²) in [4.78, 5) is 15.5. The molecule has 0 saturated heterocycles. The van der Waals surface area contributed by atoms with Crippen LogP contribution in [0.5, 0.6) is 0 Å². The molecule has 25 heavy (non-hydrogen) atoms. The van der Waals surface area contributed by atoms with E-state index >= 15 is 0 Å². The smallest absolute Gasteiger partial charge is 0.339 e. The predicted molar refractivity (Wildman–Crippen MR) is 82.5 cm³/mol. The molecule has 2 amide bonds. The first kappa shape index (κ1) is 18.3. The van der Waals surface area contributed by atoms with Gasteiger partial charge in [-0.05, 0) is 31.2 Å². The Labute approximate surface area is 141 Å². The summed E-state index contributed by atoms with van der Waals surface area (Å²) in [6.07, 6.45) is -3.96. The first-order valence-corrected chi connectivity index (χ1v) is 7.31. The van der Waals surface area contributed by atoms with Crippen LogP contribution in [0, 0.1) is 18.8 Å². The zero-order chi connectivity index (χ0) is 18.3. The molecule has 0 atom stereocenters. The third kappa shape index (κ3) is 6.18. The Hall–Kier alpha value is -3.02. The average molecular weight is 352 g/mol. The number of carbonyl (C=O) groups excluding carboxylic acids is 1. The molecule has 0 fully saturated rings. The van der Waals surface area contributed by atoms with Crippen LogP contribution in [-0.2, 0) is 12.6 Å². The van der Waals surface area contributed by atoms with Crippen molar-refractivity contribution in [2.45, 2.75) is 19.5 Å². The number of halogens is 3. The number of aryl methyl sites for hydroxylation is 1. The standard InChI is InChI=1S/C16H15F3N4O2/c1-11-22-14(25-23-11)8-10-21-15(24)20-9-2-3-12-4-6-13(7-5-12)16(17,18)19/h4-7H,8-10H2,1H3,(H2,20,21,24). The zero-order valence-electron chi connectivity index (χ0n) is 13.3. The fraction of sp³-hybridized carbons (Fsp3) is 0.312. The number of aromatic nitrogens is 2. The number of urea groups is 1. The topological polar surface area (TPSA) is 80.0 Å². The van der Waals surface area contributed by atoms with Gasteiger partial charge in [0.25, 0.3) is 0 Å². The van der Waals surface area contributed by atoms with Crippen molar-refractivity contribution in [1.82, 2.24) is 20.8 Å². The van der Waals surface area contributed by atoms with Gasteiger partial charge in [0.15, 0.2) is 5.82 Å². The second-order valence-electron chi connectivity index (χ2n) is 4.97. The van der Waals surface area contributed by atoms with Crippen molar-refractivity contribution in [3.63, 3.8) is 0 Å². The molecule has 0 aliphatic heterocycles.